The summed E-state index contributed by atoms with van der Waals surface area (Å²) in [5, 5.41) is 3.93. The van der Waals surface area contributed by atoms with Crippen LogP contribution in [0.3, 0.4) is 0 Å². The highest BCUT2D eigenvalue weighted by atomic mass is 16.5. The third-order valence-corrected chi connectivity index (χ3v) is 4.04. The van der Waals surface area contributed by atoms with E-state index in [0.717, 1.165) is 16.6 Å². The lowest BCUT2D eigenvalue weighted by Gasteiger charge is -2.14. The minimum atomic E-state index is -0.280. The molecule has 1 heterocycles. The molecule has 0 saturated heterocycles. The van der Waals surface area contributed by atoms with Crippen LogP contribution in [0.25, 0.3) is 10.9 Å². The Morgan fingerprint density at radius 3 is 2.35 bits per heavy atom. The molecule has 0 unspecified atom stereocenters. The molecule has 6 heteroatoms. The van der Waals surface area contributed by atoms with Crippen LogP contribution < -0.4 is 19.5 Å². The van der Waals surface area contributed by atoms with E-state index in [1.54, 1.807) is 12.1 Å². The smallest absolute Gasteiger partial charge is 0.255 e. The van der Waals surface area contributed by atoms with Crippen LogP contribution in [-0.4, -0.2) is 32.2 Å². The molecule has 1 amide bonds. The van der Waals surface area contributed by atoms with Gasteiger partial charge in [0.1, 0.15) is 5.75 Å². The van der Waals surface area contributed by atoms with Gasteiger partial charge in [0.25, 0.3) is 5.91 Å². The van der Waals surface area contributed by atoms with Crippen molar-refractivity contribution in [3.05, 3.63) is 59.8 Å². The zero-order valence-electron chi connectivity index (χ0n) is 14.9. The van der Waals surface area contributed by atoms with E-state index < -0.39 is 0 Å². The van der Waals surface area contributed by atoms with Crippen molar-refractivity contribution in [3.63, 3.8) is 0 Å². The number of nitrogens with one attached hydrogen (secondary N) is 1. The van der Waals surface area contributed by atoms with Crippen molar-refractivity contribution < 1.29 is 19.0 Å². The lowest BCUT2D eigenvalue weighted by atomic mass is 10.1. The Bertz CT molecular complexity index is 940. The van der Waals surface area contributed by atoms with E-state index in [0.29, 0.717) is 29.4 Å². The molecule has 1 N–H and O–H groups in total. The number of pyridine rings is 1. The summed E-state index contributed by atoms with van der Waals surface area (Å²) in [6, 6.07) is 15.0. The van der Waals surface area contributed by atoms with Crippen LogP contribution in [0.15, 0.2) is 48.5 Å². The normalized spacial score (nSPS) is 10.4. The van der Waals surface area contributed by atoms with Crippen molar-refractivity contribution in [3.8, 4) is 17.2 Å². The monoisotopic (exact) mass is 352 g/mol. The average molecular weight is 352 g/mol. The number of benzene rings is 2. The third kappa shape index (κ3) is 3.54. The van der Waals surface area contributed by atoms with Gasteiger partial charge in [-0.05, 0) is 12.1 Å². The number of hydrogen-bond acceptors (Lipinski definition) is 5. The number of carbonyl (C=O) groups excluding carboxylic acids is 1. The Hall–Kier alpha value is -3.28. The van der Waals surface area contributed by atoms with E-state index in [4.69, 9.17) is 14.2 Å². The average Bonchev–Trinajstić information content (AvgIpc) is 2.70. The van der Waals surface area contributed by atoms with Gasteiger partial charge in [-0.25, -0.2) is 0 Å². The molecule has 0 aliphatic carbocycles. The highest BCUT2D eigenvalue weighted by Gasteiger charge is 2.17. The molecule has 0 spiro atoms. The molecule has 3 aromatic rings. The Labute approximate surface area is 151 Å². The molecule has 3 rings (SSSR count). The molecular formula is C20H20N2O4. The molecule has 0 saturated carbocycles. The van der Waals surface area contributed by atoms with Crippen molar-refractivity contribution in [2.24, 2.45) is 0 Å². The van der Waals surface area contributed by atoms with Gasteiger partial charge in [0, 0.05) is 17.5 Å². The number of para-hydroxylation sites is 1. The Balaban J connectivity index is 1.80. The van der Waals surface area contributed by atoms with Crippen LogP contribution in [0.4, 0.5) is 0 Å². The maximum atomic E-state index is 12.6. The number of fused-ring (bicyclic) bond motifs is 1. The quantitative estimate of drug-likeness (QED) is 0.738. The van der Waals surface area contributed by atoms with E-state index >= 15 is 0 Å². The van der Waals surface area contributed by atoms with Gasteiger partial charge >= 0.3 is 0 Å². The summed E-state index contributed by atoms with van der Waals surface area (Å²) in [6.07, 6.45) is 0. The number of rotatable bonds is 6. The fraction of sp³-hybridized carbons (Fsp3) is 0.200. The summed E-state index contributed by atoms with van der Waals surface area (Å²) < 4.78 is 15.8. The molecule has 0 bridgehead atoms. The number of aromatic nitrogens is 1. The van der Waals surface area contributed by atoms with Crippen LogP contribution in [-0.2, 0) is 6.54 Å². The lowest BCUT2D eigenvalue weighted by Crippen LogP contribution is -2.24. The van der Waals surface area contributed by atoms with Crippen LogP contribution in [0, 0.1) is 0 Å². The molecule has 0 atom stereocenters. The second-order valence-electron chi connectivity index (χ2n) is 5.59. The van der Waals surface area contributed by atoms with Gasteiger partial charge < -0.3 is 19.5 Å². The molecule has 134 valence electrons. The second kappa shape index (κ2) is 7.74. The number of ether oxygens (including phenoxy) is 3. The number of carbonyl (C=O) groups is 1. The number of nitrogens with zero attached hydrogens (tertiary/aromatic N) is 1. The zero-order chi connectivity index (χ0) is 18.5. The maximum absolute atomic E-state index is 12.6. The maximum Gasteiger partial charge on any atom is 0.255 e. The van der Waals surface area contributed by atoms with Crippen molar-refractivity contribution in [2.45, 2.75) is 6.54 Å². The topological polar surface area (TPSA) is 69.7 Å². The summed E-state index contributed by atoms with van der Waals surface area (Å²) in [5.74, 6) is 1.09. The van der Waals surface area contributed by atoms with Gasteiger partial charge in [-0.2, -0.15) is 0 Å². The van der Waals surface area contributed by atoms with Gasteiger partial charge in [-0.15, -0.1) is 0 Å². The Morgan fingerprint density at radius 1 is 0.923 bits per heavy atom. The second-order valence-corrected chi connectivity index (χ2v) is 5.59. The van der Waals surface area contributed by atoms with E-state index in [9.17, 15) is 4.79 Å². The SMILES string of the molecule is COc1cc(OC)c(C(=O)NCc2ccc3ccccc3n2)cc1OC. The number of amides is 1. The van der Waals surface area contributed by atoms with Crippen LogP contribution >= 0.6 is 0 Å². The Kier molecular flexibility index (Phi) is 5.22. The first-order valence-electron chi connectivity index (χ1n) is 8.09. The number of methoxy groups -OCH3 is 3. The van der Waals surface area contributed by atoms with Crippen LogP contribution in [0.1, 0.15) is 16.1 Å². The predicted octanol–water partition coefficient (Wildman–Crippen LogP) is 3.19. The fourth-order valence-corrected chi connectivity index (χ4v) is 2.68. The largest absolute Gasteiger partial charge is 0.496 e. The van der Waals surface area contributed by atoms with E-state index in [2.05, 4.69) is 10.3 Å². The molecule has 0 aliphatic heterocycles. The van der Waals surface area contributed by atoms with Crippen molar-refractivity contribution >= 4 is 16.8 Å². The minimum absolute atomic E-state index is 0.280. The first-order chi connectivity index (χ1) is 12.7. The predicted molar refractivity (Wildman–Crippen MR) is 99.0 cm³/mol. The minimum Gasteiger partial charge on any atom is -0.496 e. The summed E-state index contributed by atoms with van der Waals surface area (Å²) in [6.45, 7) is 0.307. The van der Waals surface area contributed by atoms with E-state index in [-0.39, 0.29) is 5.91 Å². The number of hydrogen-bond donors (Lipinski definition) is 1. The third-order valence-electron chi connectivity index (χ3n) is 4.04. The molecule has 0 aliphatic rings. The summed E-state index contributed by atoms with van der Waals surface area (Å²) >= 11 is 0. The first-order valence-corrected chi connectivity index (χ1v) is 8.09. The summed E-state index contributed by atoms with van der Waals surface area (Å²) in [7, 11) is 4.55. The van der Waals surface area contributed by atoms with Gasteiger partial charge in [0.2, 0.25) is 0 Å². The standard InChI is InChI=1S/C20H20N2O4/c1-24-17-11-19(26-3)18(25-2)10-15(17)20(23)21-12-14-9-8-13-6-4-5-7-16(13)22-14/h4-11H,12H2,1-3H3,(H,21,23). The van der Waals surface area contributed by atoms with E-state index in [1.807, 2.05) is 36.4 Å². The van der Waals surface area contributed by atoms with Gasteiger partial charge in [0.05, 0.1) is 44.6 Å². The molecule has 2 aromatic carbocycles. The summed E-state index contributed by atoms with van der Waals surface area (Å²) in [5.41, 5.74) is 2.03. The van der Waals surface area contributed by atoms with Crippen molar-refractivity contribution in [1.29, 1.82) is 0 Å². The molecule has 1 aromatic heterocycles. The van der Waals surface area contributed by atoms with Gasteiger partial charge in [-0.3, -0.25) is 9.78 Å². The fourth-order valence-electron chi connectivity index (χ4n) is 2.68. The highest BCUT2D eigenvalue weighted by molar-refractivity contribution is 5.97. The Morgan fingerprint density at radius 2 is 1.62 bits per heavy atom. The van der Waals surface area contributed by atoms with Crippen LogP contribution in [0.5, 0.6) is 17.2 Å². The summed E-state index contributed by atoms with van der Waals surface area (Å²) in [4.78, 5) is 17.2. The van der Waals surface area contributed by atoms with Gasteiger partial charge in [-0.1, -0.05) is 24.3 Å². The molecule has 26 heavy (non-hydrogen) atoms. The van der Waals surface area contributed by atoms with E-state index in [1.165, 1.54) is 21.3 Å². The molecular weight excluding hydrogens is 332 g/mol. The van der Waals surface area contributed by atoms with Gasteiger partial charge in [0.15, 0.2) is 11.5 Å². The molecule has 0 fully saturated rings. The van der Waals surface area contributed by atoms with Crippen molar-refractivity contribution in [1.82, 2.24) is 10.3 Å². The van der Waals surface area contributed by atoms with Crippen LogP contribution in [0.2, 0.25) is 0 Å². The lowest BCUT2D eigenvalue weighted by molar-refractivity contribution is 0.0947. The molecule has 0 radical (unpaired) electrons. The zero-order valence-corrected chi connectivity index (χ0v) is 14.9. The first kappa shape index (κ1) is 17.5. The molecule has 6 nitrogen and oxygen atoms in total. The highest BCUT2D eigenvalue weighted by Crippen LogP contribution is 2.34. The van der Waals surface area contributed by atoms with Crippen molar-refractivity contribution in [2.75, 3.05) is 21.3 Å².